The van der Waals surface area contributed by atoms with Crippen LogP contribution in [0.15, 0.2) is 12.7 Å². The van der Waals surface area contributed by atoms with Gasteiger partial charge >= 0.3 is 0 Å². The zero-order valence-corrected chi connectivity index (χ0v) is 15.3. The molecule has 0 atom stereocenters. The third kappa shape index (κ3) is 8.57. The van der Waals surface area contributed by atoms with Crippen molar-refractivity contribution in [2.45, 2.75) is 90.3 Å². The molecule has 0 saturated heterocycles. The molecule has 0 aliphatic carbocycles. The lowest BCUT2D eigenvalue weighted by molar-refractivity contribution is -0.135. The van der Waals surface area contributed by atoms with E-state index in [2.05, 4.69) is 40.4 Å². The van der Waals surface area contributed by atoms with Crippen molar-refractivity contribution in [1.82, 2.24) is 0 Å². The first-order valence-electron chi connectivity index (χ1n) is 8.03. The van der Waals surface area contributed by atoms with Gasteiger partial charge in [-0.2, -0.15) is 0 Å². The van der Waals surface area contributed by atoms with E-state index in [1.807, 2.05) is 6.08 Å². The second-order valence-electron chi connectivity index (χ2n) is 7.18. The summed E-state index contributed by atoms with van der Waals surface area (Å²) in [5, 5.41) is 0.105. The van der Waals surface area contributed by atoms with Gasteiger partial charge in [-0.1, -0.05) is 52.5 Å². The highest BCUT2D eigenvalue weighted by molar-refractivity contribution is 6.75. The van der Waals surface area contributed by atoms with Crippen LogP contribution in [0.3, 0.4) is 0 Å². The van der Waals surface area contributed by atoms with E-state index in [4.69, 9.17) is 4.43 Å². The Morgan fingerprint density at radius 3 is 2.05 bits per heavy atom. The van der Waals surface area contributed by atoms with Crippen molar-refractivity contribution in [3.05, 3.63) is 12.7 Å². The summed E-state index contributed by atoms with van der Waals surface area (Å²) in [7, 11) is -1.92. The summed E-state index contributed by atoms with van der Waals surface area (Å²) < 4.78 is 5.75. The Morgan fingerprint density at radius 1 is 1.05 bits per heavy atom. The summed E-state index contributed by atoms with van der Waals surface area (Å²) in [6, 6.07) is 0. The number of allylic oxidation sites excluding steroid dienone is 1. The quantitative estimate of drug-likeness (QED) is 0.287. The van der Waals surface area contributed by atoms with Crippen LogP contribution in [0.1, 0.15) is 72.1 Å². The molecule has 0 unspecified atom stereocenters. The number of hydrogen-bond acceptors (Lipinski definition) is 2. The molecule has 0 fully saturated rings. The van der Waals surface area contributed by atoms with Gasteiger partial charge in [-0.05, 0) is 37.4 Å². The van der Waals surface area contributed by atoms with E-state index >= 15 is 0 Å². The molecule has 0 bridgehead atoms. The van der Waals surface area contributed by atoms with Crippen LogP contribution in [0.2, 0.25) is 18.1 Å². The Kier molecular flexibility index (Phi) is 9.11. The van der Waals surface area contributed by atoms with Crippen molar-refractivity contribution in [1.29, 1.82) is 0 Å². The van der Waals surface area contributed by atoms with Crippen LogP contribution in [0.25, 0.3) is 0 Å². The largest absolute Gasteiger partial charge is 0.519 e. The van der Waals surface area contributed by atoms with Gasteiger partial charge in [0.1, 0.15) is 0 Å². The second kappa shape index (κ2) is 9.38. The normalized spacial score (nSPS) is 12.2. The zero-order valence-electron chi connectivity index (χ0n) is 14.3. The van der Waals surface area contributed by atoms with Gasteiger partial charge in [-0.15, -0.1) is 6.58 Å². The van der Waals surface area contributed by atoms with Crippen molar-refractivity contribution in [3.8, 4) is 0 Å². The standard InChI is InChI=1S/C17H34O2Si/c1-7-8-9-10-11-12-13-14-15-16(18)19-20(5,6)17(2,3)4/h7H,1,8-15H2,2-6H3. The predicted octanol–water partition coefficient (Wildman–Crippen LogP) is 5.84. The summed E-state index contributed by atoms with van der Waals surface area (Å²) in [5.41, 5.74) is 0. The fourth-order valence-electron chi connectivity index (χ4n) is 1.75. The van der Waals surface area contributed by atoms with Crippen LogP contribution in [0.4, 0.5) is 0 Å². The van der Waals surface area contributed by atoms with Crippen molar-refractivity contribution >= 4 is 14.3 Å². The van der Waals surface area contributed by atoms with Gasteiger partial charge in [0.25, 0.3) is 14.3 Å². The molecule has 2 nitrogen and oxygen atoms in total. The molecule has 0 rings (SSSR count). The molecule has 0 aliphatic rings. The fraction of sp³-hybridized carbons (Fsp3) is 0.824. The van der Waals surface area contributed by atoms with Crippen molar-refractivity contribution in [2.75, 3.05) is 0 Å². The Labute approximate surface area is 127 Å². The number of carbonyl (C=O) groups excluding carboxylic acids is 1. The maximum atomic E-state index is 11.9. The molecule has 0 aromatic carbocycles. The molecule has 0 radical (unpaired) electrons. The highest BCUT2D eigenvalue weighted by Gasteiger charge is 2.40. The monoisotopic (exact) mass is 298 g/mol. The van der Waals surface area contributed by atoms with Crippen LogP contribution in [-0.2, 0) is 9.22 Å². The molecule has 0 N–H and O–H groups in total. The first-order chi connectivity index (χ1) is 9.20. The van der Waals surface area contributed by atoms with E-state index in [0.717, 1.165) is 19.3 Å². The maximum Gasteiger partial charge on any atom is 0.292 e. The lowest BCUT2D eigenvalue weighted by atomic mass is 10.1. The molecular weight excluding hydrogens is 264 g/mol. The number of unbranched alkanes of at least 4 members (excludes halogenated alkanes) is 6. The molecule has 118 valence electrons. The van der Waals surface area contributed by atoms with Gasteiger partial charge in [-0.25, -0.2) is 0 Å². The van der Waals surface area contributed by atoms with Crippen molar-refractivity contribution in [3.63, 3.8) is 0 Å². The molecule has 0 amide bonds. The molecule has 0 aliphatic heterocycles. The molecule has 0 spiro atoms. The van der Waals surface area contributed by atoms with Crippen LogP contribution < -0.4 is 0 Å². The minimum Gasteiger partial charge on any atom is -0.519 e. The average molecular weight is 299 g/mol. The number of hydrogen-bond donors (Lipinski definition) is 0. The predicted molar refractivity (Wildman–Crippen MR) is 90.4 cm³/mol. The lowest BCUT2D eigenvalue weighted by Crippen LogP contribution is -2.42. The Bertz CT molecular complexity index is 290. The van der Waals surface area contributed by atoms with E-state index < -0.39 is 8.32 Å². The molecule has 3 heteroatoms. The Morgan fingerprint density at radius 2 is 1.55 bits per heavy atom. The first kappa shape index (κ1) is 19.4. The van der Waals surface area contributed by atoms with Crippen LogP contribution in [0.5, 0.6) is 0 Å². The van der Waals surface area contributed by atoms with Crippen LogP contribution in [0, 0.1) is 0 Å². The fourth-order valence-corrected chi connectivity index (χ4v) is 2.73. The minimum absolute atomic E-state index is 0.00301. The van der Waals surface area contributed by atoms with E-state index in [-0.39, 0.29) is 11.0 Å². The first-order valence-corrected chi connectivity index (χ1v) is 10.9. The summed E-state index contributed by atoms with van der Waals surface area (Å²) in [6.45, 7) is 14.5. The van der Waals surface area contributed by atoms with Gasteiger partial charge in [0.15, 0.2) is 0 Å². The molecular formula is C17H34O2Si. The zero-order chi connectivity index (χ0) is 15.6. The minimum atomic E-state index is -1.92. The molecule has 0 aromatic heterocycles. The van der Waals surface area contributed by atoms with E-state index in [0.29, 0.717) is 6.42 Å². The SMILES string of the molecule is C=CCCCCCCCCC(=O)O[Si](C)(C)C(C)(C)C. The van der Waals surface area contributed by atoms with E-state index in [1.165, 1.54) is 25.7 Å². The van der Waals surface area contributed by atoms with Crippen molar-refractivity contribution in [2.24, 2.45) is 0 Å². The third-order valence-corrected chi connectivity index (χ3v) is 8.56. The molecule has 20 heavy (non-hydrogen) atoms. The summed E-state index contributed by atoms with van der Waals surface area (Å²) in [4.78, 5) is 11.9. The van der Waals surface area contributed by atoms with Gasteiger partial charge in [0.05, 0.1) is 0 Å². The lowest BCUT2D eigenvalue weighted by Gasteiger charge is -2.35. The van der Waals surface area contributed by atoms with Gasteiger partial charge in [-0.3, -0.25) is 4.79 Å². The number of carbonyl (C=O) groups is 1. The number of rotatable bonds is 10. The van der Waals surface area contributed by atoms with Gasteiger partial charge in [0.2, 0.25) is 0 Å². The van der Waals surface area contributed by atoms with Crippen molar-refractivity contribution < 1.29 is 9.22 Å². The second-order valence-corrected chi connectivity index (χ2v) is 11.9. The Balaban J connectivity index is 3.67. The molecule has 0 saturated carbocycles. The highest BCUT2D eigenvalue weighted by atomic mass is 28.4. The van der Waals surface area contributed by atoms with E-state index in [1.54, 1.807) is 0 Å². The van der Waals surface area contributed by atoms with Crippen LogP contribution >= 0.6 is 0 Å². The summed E-state index contributed by atoms with van der Waals surface area (Å²) in [5.74, 6) is 0.00301. The average Bonchev–Trinajstić information content (AvgIpc) is 2.30. The third-order valence-electron chi connectivity index (χ3n) is 4.21. The van der Waals surface area contributed by atoms with Crippen LogP contribution in [-0.4, -0.2) is 14.3 Å². The molecule has 0 heterocycles. The summed E-state index contributed by atoms with van der Waals surface area (Å²) in [6.07, 6.45) is 10.8. The maximum absolute atomic E-state index is 11.9. The van der Waals surface area contributed by atoms with E-state index in [9.17, 15) is 4.79 Å². The van der Waals surface area contributed by atoms with Gasteiger partial charge in [0, 0.05) is 6.42 Å². The smallest absolute Gasteiger partial charge is 0.292 e. The topological polar surface area (TPSA) is 26.3 Å². The Hall–Kier alpha value is -0.573. The molecule has 0 aromatic rings. The highest BCUT2D eigenvalue weighted by Crippen LogP contribution is 2.36. The summed E-state index contributed by atoms with van der Waals surface area (Å²) >= 11 is 0. The van der Waals surface area contributed by atoms with Gasteiger partial charge < -0.3 is 4.43 Å².